The molecule has 0 amide bonds. The molecule has 3 aliphatic heterocycles. The number of fused-ring (bicyclic) bond motifs is 3. The number of quaternary nitrogens is 1. The Balaban J connectivity index is 1.35. The van der Waals surface area contributed by atoms with Gasteiger partial charge in [0.15, 0.2) is 11.2 Å². The highest BCUT2D eigenvalue weighted by Gasteiger charge is 2.51. The molecule has 1 aliphatic carbocycles. The smallest absolute Gasteiger partial charge is 0.222 e. The summed E-state index contributed by atoms with van der Waals surface area (Å²) in [5, 5.41) is 49.6. The van der Waals surface area contributed by atoms with Crippen molar-refractivity contribution in [2.24, 2.45) is 10.9 Å². The second-order valence-electron chi connectivity index (χ2n) is 12.2. The highest BCUT2D eigenvalue weighted by atomic mass is 17.2. The Morgan fingerprint density at radius 3 is 2.60 bits per heavy atom. The molecular formula is C31H39N2O10+. The average Bonchev–Trinajstić information content (AvgIpc) is 3.74. The van der Waals surface area contributed by atoms with Crippen LogP contribution in [0.5, 0.6) is 5.75 Å². The van der Waals surface area contributed by atoms with Gasteiger partial charge in [-0.15, -0.1) is 0 Å². The number of benzene rings is 1. The number of hydrogen-bond donors (Lipinski definition) is 6. The Hall–Kier alpha value is -2.94. The molecule has 6 N–H and O–H groups in total. The Morgan fingerprint density at radius 2 is 1.88 bits per heavy atom. The third kappa shape index (κ3) is 5.47. The van der Waals surface area contributed by atoms with Gasteiger partial charge in [0.2, 0.25) is 11.3 Å². The zero-order valence-electron chi connectivity index (χ0n) is 24.2. The summed E-state index contributed by atoms with van der Waals surface area (Å²) in [6, 6.07) is 3.26. The van der Waals surface area contributed by atoms with Crippen molar-refractivity contribution in [3.8, 4) is 5.75 Å². The van der Waals surface area contributed by atoms with E-state index in [4.69, 9.17) is 24.0 Å². The number of nitrogens with one attached hydrogen (secondary N) is 1. The zero-order chi connectivity index (χ0) is 30.5. The van der Waals surface area contributed by atoms with Gasteiger partial charge in [0, 0.05) is 35.8 Å². The monoisotopic (exact) mass is 599 g/mol. The number of rotatable bonds is 10. The van der Waals surface area contributed by atoms with Crippen molar-refractivity contribution in [3.05, 3.63) is 57.2 Å². The number of hydrogen-bond acceptors (Lipinski definition) is 11. The molecule has 7 atom stereocenters. The van der Waals surface area contributed by atoms with Gasteiger partial charge in [-0.2, -0.15) is 0 Å². The van der Waals surface area contributed by atoms with Crippen LogP contribution < -0.4 is 15.1 Å². The molecular weight excluding hydrogens is 560 g/mol. The summed E-state index contributed by atoms with van der Waals surface area (Å²) < 4.78 is 13.2. The Morgan fingerprint density at radius 1 is 1.14 bits per heavy atom. The van der Waals surface area contributed by atoms with Crippen LogP contribution in [0.3, 0.4) is 0 Å². The topological polar surface area (TPSA) is 176 Å². The first-order valence-corrected chi connectivity index (χ1v) is 14.8. The molecule has 0 radical (unpaired) electrons. The first-order valence-electron chi connectivity index (χ1n) is 14.8. The van der Waals surface area contributed by atoms with E-state index < -0.39 is 49.3 Å². The van der Waals surface area contributed by atoms with Crippen LogP contribution in [0.4, 0.5) is 5.69 Å². The van der Waals surface area contributed by atoms with E-state index in [0.29, 0.717) is 35.4 Å². The Labute approximate surface area is 248 Å². The van der Waals surface area contributed by atoms with Crippen LogP contribution in [0.15, 0.2) is 49.9 Å². The molecule has 6 rings (SSSR count). The summed E-state index contributed by atoms with van der Waals surface area (Å²) in [5.74, 6) is 1.28. The molecule has 12 nitrogen and oxygen atoms in total. The van der Waals surface area contributed by atoms with Crippen LogP contribution in [0, 0.1) is 12.8 Å². The summed E-state index contributed by atoms with van der Waals surface area (Å²) >= 11 is 0. The largest absolute Gasteiger partial charge is 0.478 e. The maximum absolute atomic E-state index is 13.2. The molecule has 0 saturated heterocycles. The standard InChI is InChI=1S/C31H38N2O10/c1-16-9-22(35)20-10-18-11-25(43-40-15-24(37)28(39)27(38)23(36)14-34)31(2,19-5-3-4-6-19)42-29(18)26(30(20)41-16)33-12-17-7-8-32-21(17)13-33/h7-10,13,19,23-25,27-28,34,36-39H,3-6,11-12,14-15H2,1-2H3/p+1/t23-,24+,25-,27-,28-,31-/m1/s1. The lowest BCUT2D eigenvalue weighted by atomic mass is 9.78. The summed E-state index contributed by atoms with van der Waals surface area (Å²) in [6.45, 7) is 3.08. The van der Waals surface area contributed by atoms with E-state index in [1.165, 1.54) is 6.07 Å². The zero-order valence-corrected chi connectivity index (χ0v) is 24.2. The van der Waals surface area contributed by atoms with Gasteiger partial charge in [0.25, 0.3) is 0 Å². The molecule has 232 valence electrons. The Bertz CT molecular complexity index is 1530. The second kappa shape index (κ2) is 11.9. The Kier molecular flexibility index (Phi) is 8.31. The van der Waals surface area contributed by atoms with E-state index in [-0.39, 0.29) is 11.3 Å². The minimum atomic E-state index is -1.77. The maximum atomic E-state index is 13.2. The van der Waals surface area contributed by atoms with Gasteiger partial charge in [-0.1, -0.05) is 12.8 Å². The summed E-state index contributed by atoms with van der Waals surface area (Å²) in [6.07, 6.45) is 2.67. The van der Waals surface area contributed by atoms with Crippen LogP contribution in [-0.2, 0) is 16.2 Å². The molecule has 0 spiro atoms. The molecule has 0 bridgehead atoms. The van der Waals surface area contributed by atoms with E-state index in [1.807, 2.05) is 19.2 Å². The third-order valence-corrected chi connectivity index (χ3v) is 9.28. The van der Waals surface area contributed by atoms with Gasteiger partial charge in [-0.05, 0) is 38.8 Å². The predicted octanol–water partition coefficient (Wildman–Crippen LogP) is 0.120. The molecule has 1 aromatic carbocycles. The van der Waals surface area contributed by atoms with Gasteiger partial charge in [0.05, 0.1) is 12.0 Å². The lowest BCUT2D eigenvalue weighted by Gasteiger charge is -2.45. The fraction of sp³-hybridized carbons (Fsp3) is 0.548. The fourth-order valence-electron chi connectivity index (χ4n) is 6.76. The minimum Gasteiger partial charge on any atom is -0.478 e. The highest BCUT2D eigenvalue weighted by Crippen LogP contribution is 2.48. The molecule has 43 heavy (non-hydrogen) atoms. The minimum absolute atomic E-state index is 0.137. The number of aryl methyl sites for hydroxylation is 1. The van der Waals surface area contributed by atoms with Gasteiger partial charge in [-0.3, -0.25) is 14.7 Å². The van der Waals surface area contributed by atoms with E-state index in [1.54, 1.807) is 19.2 Å². The number of aliphatic hydroxyl groups is 5. The van der Waals surface area contributed by atoms with Gasteiger partial charge < -0.3 is 34.7 Å². The number of nitrogens with zero attached hydrogens (tertiary/aromatic N) is 1. The van der Waals surface area contributed by atoms with Gasteiger partial charge in [-0.25, -0.2) is 9.78 Å². The van der Waals surface area contributed by atoms with E-state index in [0.717, 1.165) is 53.1 Å². The number of allylic oxidation sites excluding steroid dienone is 1. The molecule has 4 aliphatic rings. The number of ether oxygens (including phenoxy) is 1. The molecule has 1 aromatic heterocycles. The van der Waals surface area contributed by atoms with Crippen LogP contribution in [0.2, 0.25) is 0 Å². The molecule has 2 aromatic rings. The van der Waals surface area contributed by atoms with Crippen molar-refractivity contribution in [2.75, 3.05) is 19.8 Å². The molecule has 1 unspecified atom stereocenters. The molecule has 12 heteroatoms. The first-order chi connectivity index (χ1) is 20.6. The summed E-state index contributed by atoms with van der Waals surface area (Å²) in [7, 11) is 0. The van der Waals surface area contributed by atoms with Crippen LogP contribution in [-0.4, -0.2) is 87.6 Å². The number of aliphatic hydroxyl groups excluding tert-OH is 5. The molecule has 1 saturated carbocycles. The maximum Gasteiger partial charge on any atom is 0.222 e. The summed E-state index contributed by atoms with van der Waals surface area (Å²) in [5.41, 5.74) is 2.95. The van der Waals surface area contributed by atoms with Crippen molar-refractivity contribution in [3.63, 3.8) is 0 Å². The van der Waals surface area contributed by atoms with Crippen molar-refractivity contribution >= 4 is 22.9 Å². The van der Waals surface area contributed by atoms with Gasteiger partial charge in [0.1, 0.15) is 66.9 Å². The second-order valence-corrected chi connectivity index (χ2v) is 12.2. The van der Waals surface area contributed by atoms with Crippen molar-refractivity contribution in [1.82, 2.24) is 0 Å². The molecule has 4 heterocycles. The fourth-order valence-corrected chi connectivity index (χ4v) is 6.76. The van der Waals surface area contributed by atoms with Crippen molar-refractivity contribution in [2.45, 2.75) is 82.1 Å². The summed E-state index contributed by atoms with van der Waals surface area (Å²) in [4.78, 5) is 29.9. The normalized spacial score (nSPS) is 27.8. The predicted molar refractivity (Wildman–Crippen MR) is 154 cm³/mol. The van der Waals surface area contributed by atoms with Crippen molar-refractivity contribution in [1.29, 1.82) is 0 Å². The van der Waals surface area contributed by atoms with Crippen LogP contribution in [0.25, 0.3) is 11.0 Å². The van der Waals surface area contributed by atoms with E-state index in [9.17, 15) is 25.2 Å². The van der Waals surface area contributed by atoms with Crippen LogP contribution in [0.1, 0.15) is 43.9 Å². The first kappa shape index (κ1) is 30.1. The van der Waals surface area contributed by atoms with Gasteiger partial charge >= 0.3 is 0 Å². The van der Waals surface area contributed by atoms with Crippen molar-refractivity contribution < 1.29 is 49.4 Å². The number of aliphatic imine (C=N–C) groups is 1. The quantitative estimate of drug-likeness (QED) is 0.163. The molecule has 1 fully saturated rings. The van der Waals surface area contributed by atoms with E-state index in [2.05, 4.69) is 4.99 Å². The van der Waals surface area contributed by atoms with Crippen LogP contribution >= 0.6 is 0 Å². The third-order valence-electron chi connectivity index (χ3n) is 9.28. The lowest BCUT2D eigenvalue weighted by Crippen LogP contribution is -3.01. The van der Waals surface area contributed by atoms with E-state index >= 15 is 0 Å². The highest BCUT2D eigenvalue weighted by molar-refractivity contribution is 5.90. The lowest BCUT2D eigenvalue weighted by molar-refractivity contribution is -0.763. The SMILES string of the molecule is Cc1cc(=O)c2cc3c(c([NH+]4C=C5N=CC=C5C4)c2o1)O[C@](C)(C1CCCC1)[C@H](OOC[C@H](O)[C@@H](O)[C@H](O)[C@H](O)CO)C3. The average molecular weight is 600 g/mol.